The summed E-state index contributed by atoms with van der Waals surface area (Å²) in [5.74, 6) is -0.651. The smallest absolute Gasteiger partial charge is 0.416 e. The molecule has 4 rings (SSSR count). The van der Waals surface area contributed by atoms with Crippen LogP contribution in [0.2, 0.25) is 0 Å². The summed E-state index contributed by atoms with van der Waals surface area (Å²) in [4.78, 5) is 38.8. The summed E-state index contributed by atoms with van der Waals surface area (Å²) < 4.78 is 43.9. The molecule has 3 aromatic rings. The first-order chi connectivity index (χ1) is 16.6. The number of nitrogens with one attached hydrogen (secondary N) is 1. The second-order valence-electron chi connectivity index (χ2n) is 7.75. The molecule has 1 aliphatic heterocycles. The summed E-state index contributed by atoms with van der Waals surface area (Å²) >= 11 is 0. The zero-order valence-corrected chi connectivity index (χ0v) is 18.1. The molecule has 2 aromatic carbocycles. The lowest BCUT2D eigenvalue weighted by molar-refractivity contribution is -0.384. The van der Waals surface area contributed by atoms with Crippen LogP contribution in [0, 0.1) is 10.1 Å². The average Bonchev–Trinajstić information content (AvgIpc) is 3.38. The van der Waals surface area contributed by atoms with E-state index in [1.54, 1.807) is 34.1 Å². The zero-order valence-electron chi connectivity index (χ0n) is 18.1. The van der Waals surface area contributed by atoms with Crippen LogP contribution in [0.5, 0.6) is 0 Å². The van der Waals surface area contributed by atoms with Crippen LogP contribution in [0.1, 0.15) is 26.5 Å². The van der Waals surface area contributed by atoms with Crippen molar-refractivity contribution < 1.29 is 32.1 Å². The van der Waals surface area contributed by atoms with Crippen molar-refractivity contribution in [2.75, 3.05) is 36.4 Å². The molecule has 1 N–H and O–H groups in total. The predicted molar refractivity (Wildman–Crippen MR) is 119 cm³/mol. The second-order valence-corrected chi connectivity index (χ2v) is 7.75. The molecule has 1 aromatic heterocycles. The molecule has 9 nitrogen and oxygen atoms in total. The van der Waals surface area contributed by atoms with E-state index in [1.807, 2.05) is 0 Å². The highest BCUT2D eigenvalue weighted by Gasteiger charge is 2.34. The highest BCUT2D eigenvalue weighted by atomic mass is 19.4. The zero-order chi connectivity index (χ0) is 25.2. The molecule has 0 bridgehead atoms. The van der Waals surface area contributed by atoms with Crippen LogP contribution in [-0.2, 0) is 6.18 Å². The Balaban J connectivity index is 1.43. The number of anilines is 2. The van der Waals surface area contributed by atoms with E-state index in [4.69, 9.17) is 4.42 Å². The quantitative estimate of drug-likeness (QED) is 0.421. The fourth-order valence-electron chi connectivity index (χ4n) is 3.78. The Hall–Kier alpha value is -4.35. The summed E-state index contributed by atoms with van der Waals surface area (Å²) in [6.07, 6.45) is -3.33. The predicted octanol–water partition coefficient (Wildman–Crippen LogP) is 4.42. The van der Waals surface area contributed by atoms with E-state index in [0.29, 0.717) is 17.3 Å². The number of furan rings is 1. The van der Waals surface area contributed by atoms with Crippen molar-refractivity contribution in [2.45, 2.75) is 6.18 Å². The van der Waals surface area contributed by atoms with Crippen LogP contribution in [0.25, 0.3) is 0 Å². The van der Waals surface area contributed by atoms with Crippen molar-refractivity contribution in [3.8, 4) is 0 Å². The number of rotatable bonds is 5. The molecule has 2 amide bonds. The molecule has 0 aliphatic carbocycles. The number of carbonyl (C=O) groups excluding carboxylic acids is 2. The Bertz CT molecular complexity index is 1250. The van der Waals surface area contributed by atoms with Crippen LogP contribution in [0.3, 0.4) is 0 Å². The van der Waals surface area contributed by atoms with Gasteiger partial charge >= 0.3 is 6.18 Å². The minimum Gasteiger partial charge on any atom is -0.459 e. The molecular weight excluding hydrogens is 469 g/mol. The maximum Gasteiger partial charge on any atom is 0.416 e. The molecule has 182 valence electrons. The van der Waals surface area contributed by atoms with Gasteiger partial charge in [0.15, 0.2) is 5.76 Å². The topological polar surface area (TPSA) is 109 Å². The van der Waals surface area contributed by atoms with Gasteiger partial charge in [-0.05, 0) is 42.5 Å². The molecule has 35 heavy (non-hydrogen) atoms. The summed E-state index contributed by atoms with van der Waals surface area (Å²) in [6, 6.07) is 11.9. The van der Waals surface area contributed by atoms with Gasteiger partial charge in [-0.25, -0.2) is 0 Å². The van der Waals surface area contributed by atoms with Gasteiger partial charge in [-0.3, -0.25) is 19.7 Å². The van der Waals surface area contributed by atoms with Crippen molar-refractivity contribution in [3.05, 3.63) is 87.9 Å². The van der Waals surface area contributed by atoms with Crippen LogP contribution in [0.4, 0.5) is 30.2 Å². The summed E-state index contributed by atoms with van der Waals surface area (Å²) in [5, 5.41) is 14.0. The van der Waals surface area contributed by atoms with Gasteiger partial charge in [0.2, 0.25) is 0 Å². The Morgan fingerprint density at radius 2 is 1.74 bits per heavy atom. The van der Waals surface area contributed by atoms with Gasteiger partial charge in [0.1, 0.15) is 5.69 Å². The lowest BCUT2D eigenvalue weighted by atomic mass is 10.1. The monoisotopic (exact) mass is 488 g/mol. The van der Waals surface area contributed by atoms with E-state index in [1.165, 1.54) is 18.4 Å². The molecule has 12 heteroatoms. The molecular formula is C23H19F3N4O5. The summed E-state index contributed by atoms with van der Waals surface area (Å²) in [6.45, 7) is 0.819. The number of amides is 2. The molecule has 1 saturated heterocycles. The number of hydrogen-bond donors (Lipinski definition) is 1. The molecule has 0 saturated carbocycles. The first-order valence-corrected chi connectivity index (χ1v) is 10.5. The van der Waals surface area contributed by atoms with Crippen LogP contribution in [-0.4, -0.2) is 47.8 Å². The first kappa shape index (κ1) is 23.8. The maximum atomic E-state index is 13.0. The molecule has 2 heterocycles. The average molecular weight is 488 g/mol. The van der Waals surface area contributed by atoms with Gasteiger partial charge < -0.3 is 19.5 Å². The fraction of sp³-hybridized carbons (Fsp3) is 0.217. The summed E-state index contributed by atoms with van der Waals surface area (Å²) in [5.41, 5.74) is -0.939. The first-order valence-electron chi connectivity index (χ1n) is 10.5. The third kappa shape index (κ3) is 5.26. The molecule has 0 atom stereocenters. The van der Waals surface area contributed by atoms with E-state index < -0.39 is 28.3 Å². The number of halogens is 3. The van der Waals surface area contributed by atoms with E-state index in [9.17, 15) is 32.9 Å². The minimum atomic E-state index is -4.69. The SMILES string of the molecule is O=C(Nc1cccc(C(=O)N2CCN(c3ccc(C(F)(F)F)cc3[N+](=O)[O-])CC2)c1)c1ccco1. The second kappa shape index (κ2) is 9.49. The van der Waals surface area contributed by atoms with Crippen molar-refractivity contribution >= 4 is 28.9 Å². The third-order valence-corrected chi connectivity index (χ3v) is 5.52. The Morgan fingerprint density at radius 1 is 1.00 bits per heavy atom. The minimum absolute atomic E-state index is 0.0673. The standard InChI is InChI=1S/C23H19F3N4O5/c24-23(25,26)16-6-7-18(19(14-16)30(33)34)28-8-10-29(11-9-28)22(32)15-3-1-4-17(13-15)27-21(31)20-5-2-12-35-20/h1-7,12-14H,8-11H2,(H,27,31). The Kier molecular flexibility index (Phi) is 6.45. The third-order valence-electron chi connectivity index (χ3n) is 5.52. The van der Waals surface area contributed by atoms with E-state index >= 15 is 0 Å². The summed E-state index contributed by atoms with van der Waals surface area (Å²) in [7, 11) is 0. The number of nitrogens with zero attached hydrogens (tertiary/aromatic N) is 3. The number of hydrogen-bond acceptors (Lipinski definition) is 6. The van der Waals surface area contributed by atoms with Gasteiger partial charge in [0.25, 0.3) is 17.5 Å². The number of piperazine rings is 1. The van der Waals surface area contributed by atoms with Gasteiger partial charge in [-0.15, -0.1) is 0 Å². The van der Waals surface area contributed by atoms with Crippen molar-refractivity contribution in [1.82, 2.24) is 4.90 Å². The number of nitro benzene ring substituents is 1. The maximum absolute atomic E-state index is 13.0. The van der Waals surface area contributed by atoms with Gasteiger partial charge in [-0.2, -0.15) is 13.2 Å². The lowest BCUT2D eigenvalue weighted by Gasteiger charge is -2.36. The Morgan fingerprint density at radius 3 is 2.37 bits per heavy atom. The molecule has 0 unspecified atom stereocenters. The fourth-order valence-corrected chi connectivity index (χ4v) is 3.78. The van der Waals surface area contributed by atoms with Crippen molar-refractivity contribution in [2.24, 2.45) is 0 Å². The van der Waals surface area contributed by atoms with E-state index in [2.05, 4.69) is 5.32 Å². The van der Waals surface area contributed by atoms with E-state index in [0.717, 1.165) is 12.1 Å². The Labute approximate surface area is 196 Å². The molecule has 0 radical (unpaired) electrons. The number of benzene rings is 2. The normalized spacial score (nSPS) is 14.0. The van der Waals surface area contributed by atoms with Crippen LogP contribution >= 0.6 is 0 Å². The number of nitro groups is 1. The van der Waals surface area contributed by atoms with Crippen LogP contribution < -0.4 is 10.2 Å². The highest BCUT2D eigenvalue weighted by Crippen LogP contribution is 2.36. The lowest BCUT2D eigenvalue weighted by Crippen LogP contribution is -2.49. The van der Waals surface area contributed by atoms with Crippen molar-refractivity contribution in [3.63, 3.8) is 0 Å². The van der Waals surface area contributed by atoms with Crippen LogP contribution in [0.15, 0.2) is 65.3 Å². The van der Waals surface area contributed by atoms with Gasteiger partial charge in [0, 0.05) is 43.5 Å². The largest absolute Gasteiger partial charge is 0.459 e. The van der Waals surface area contributed by atoms with E-state index in [-0.39, 0.29) is 43.5 Å². The molecule has 1 fully saturated rings. The molecule has 0 spiro atoms. The number of alkyl halides is 3. The molecule has 1 aliphatic rings. The van der Waals surface area contributed by atoms with Gasteiger partial charge in [0.05, 0.1) is 16.7 Å². The van der Waals surface area contributed by atoms with Gasteiger partial charge in [-0.1, -0.05) is 6.07 Å². The number of carbonyl (C=O) groups is 2. The van der Waals surface area contributed by atoms with Crippen molar-refractivity contribution in [1.29, 1.82) is 0 Å². The highest BCUT2D eigenvalue weighted by molar-refractivity contribution is 6.03.